The van der Waals surface area contributed by atoms with Crippen LogP contribution in [0.25, 0.3) is 0 Å². The van der Waals surface area contributed by atoms with Gasteiger partial charge in [0, 0.05) is 0 Å². The van der Waals surface area contributed by atoms with Crippen LogP contribution in [0.3, 0.4) is 0 Å². The molecule has 0 aliphatic heterocycles. The van der Waals surface area contributed by atoms with E-state index >= 15 is 0 Å². The van der Waals surface area contributed by atoms with Gasteiger partial charge in [0.2, 0.25) is 9.70 Å². The summed E-state index contributed by atoms with van der Waals surface area (Å²) in [4.78, 5) is 11.6. The van der Waals surface area contributed by atoms with E-state index in [9.17, 15) is 9.90 Å². The summed E-state index contributed by atoms with van der Waals surface area (Å²) in [6, 6.07) is 9.29. The number of amides is 1. The van der Waals surface area contributed by atoms with Crippen molar-refractivity contribution in [1.29, 1.82) is 0 Å². The van der Waals surface area contributed by atoms with Crippen molar-refractivity contribution >= 4 is 40.7 Å². The molecule has 0 saturated heterocycles. The van der Waals surface area contributed by atoms with E-state index in [-0.39, 0.29) is 18.4 Å². The number of carbonyl (C=O) groups is 1. The molecular weight excluding hydrogens is 296 g/mol. The van der Waals surface area contributed by atoms with Gasteiger partial charge in [-0.05, 0) is 12.5 Å². The zero-order valence-electron chi connectivity index (χ0n) is 9.74. The second-order valence-corrected chi connectivity index (χ2v) is 6.33. The Bertz CT molecular complexity index is 392. The van der Waals surface area contributed by atoms with E-state index < -0.39 is 9.90 Å². The second-order valence-electron chi connectivity index (χ2n) is 3.96. The minimum absolute atomic E-state index is 0.165. The number of benzene rings is 1. The Morgan fingerprint density at radius 2 is 1.89 bits per heavy atom. The molecule has 6 heteroatoms. The van der Waals surface area contributed by atoms with Crippen LogP contribution in [0, 0.1) is 0 Å². The van der Waals surface area contributed by atoms with Crippen LogP contribution < -0.4 is 5.32 Å². The van der Waals surface area contributed by atoms with Gasteiger partial charge in [0.25, 0.3) is 0 Å². The zero-order chi connectivity index (χ0) is 13.8. The lowest BCUT2D eigenvalue weighted by Crippen LogP contribution is -2.34. The number of carbonyl (C=O) groups excluding carboxylic acids is 1. The summed E-state index contributed by atoms with van der Waals surface area (Å²) in [6.07, 6.45) is -1.58. The average molecular weight is 311 g/mol. The Balaban J connectivity index is 2.51. The number of nitrogens with one attached hydrogen (secondary N) is 1. The molecule has 1 amide bonds. The lowest BCUT2D eigenvalue weighted by Gasteiger charge is -2.20. The maximum atomic E-state index is 11.6. The number of halogens is 3. The van der Waals surface area contributed by atoms with Gasteiger partial charge in [-0.2, -0.15) is 0 Å². The van der Waals surface area contributed by atoms with Gasteiger partial charge in [0.1, 0.15) is 6.10 Å². The number of aliphatic hydroxyl groups excluding tert-OH is 1. The highest BCUT2D eigenvalue weighted by atomic mass is 35.6. The molecule has 0 spiro atoms. The van der Waals surface area contributed by atoms with Gasteiger partial charge in [-0.15, -0.1) is 0 Å². The first kappa shape index (κ1) is 15.6. The fourth-order valence-corrected chi connectivity index (χ4v) is 1.65. The first-order chi connectivity index (χ1) is 8.30. The van der Waals surface area contributed by atoms with Crippen molar-refractivity contribution in [3.05, 3.63) is 35.9 Å². The minimum atomic E-state index is -1.85. The van der Waals surface area contributed by atoms with Crippen molar-refractivity contribution in [2.75, 3.05) is 0 Å². The van der Waals surface area contributed by atoms with Crippen LogP contribution in [0.2, 0.25) is 0 Å². The molecule has 0 bridgehead atoms. The Hall–Kier alpha value is -0.480. The second kappa shape index (κ2) is 6.62. The molecule has 1 rings (SSSR count). The molecule has 0 aromatic heterocycles. The molecule has 3 nitrogen and oxygen atoms in total. The molecule has 100 valence electrons. The van der Waals surface area contributed by atoms with Gasteiger partial charge in [0.05, 0.1) is 12.5 Å². The smallest absolute Gasteiger partial charge is 0.223 e. The molecule has 1 aromatic carbocycles. The van der Waals surface area contributed by atoms with Crippen molar-refractivity contribution in [2.24, 2.45) is 0 Å². The van der Waals surface area contributed by atoms with Gasteiger partial charge in [-0.3, -0.25) is 4.79 Å². The van der Waals surface area contributed by atoms with E-state index in [1.807, 2.05) is 37.3 Å². The fraction of sp³-hybridized carbons (Fsp3) is 0.417. The van der Waals surface area contributed by atoms with Crippen LogP contribution in [-0.2, 0) is 4.79 Å². The standard InChI is InChI=1S/C12H14Cl3NO2/c1-8(9-5-3-2-4-6-9)16-11(18)7-10(17)12(13,14)15/h2-6,8,10,17H,7H2,1H3,(H,16,18)/t8-,10-/m1/s1. The van der Waals surface area contributed by atoms with Crippen LogP contribution in [0.5, 0.6) is 0 Å². The highest BCUT2D eigenvalue weighted by Crippen LogP contribution is 2.31. The zero-order valence-corrected chi connectivity index (χ0v) is 12.0. The predicted octanol–water partition coefficient (Wildman–Crippen LogP) is 2.99. The number of hydrogen-bond acceptors (Lipinski definition) is 2. The largest absolute Gasteiger partial charge is 0.388 e. The predicted molar refractivity (Wildman–Crippen MR) is 73.9 cm³/mol. The van der Waals surface area contributed by atoms with Crippen LogP contribution in [0.4, 0.5) is 0 Å². The molecule has 2 N–H and O–H groups in total. The molecular formula is C12H14Cl3NO2. The van der Waals surface area contributed by atoms with Crippen molar-refractivity contribution in [3.8, 4) is 0 Å². The lowest BCUT2D eigenvalue weighted by atomic mass is 10.1. The summed E-state index contributed by atoms with van der Waals surface area (Å²) in [6.45, 7) is 1.84. The van der Waals surface area contributed by atoms with Gasteiger partial charge in [-0.25, -0.2) is 0 Å². The average Bonchev–Trinajstić information content (AvgIpc) is 2.28. The number of hydrogen-bond donors (Lipinski definition) is 2. The van der Waals surface area contributed by atoms with Crippen LogP contribution in [-0.4, -0.2) is 20.9 Å². The number of alkyl halides is 3. The highest BCUT2D eigenvalue weighted by molar-refractivity contribution is 6.68. The normalized spacial score (nSPS) is 14.9. The molecule has 0 radical (unpaired) electrons. The van der Waals surface area contributed by atoms with Gasteiger partial charge in [-0.1, -0.05) is 65.1 Å². The van der Waals surface area contributed by atoms with E-state index in [4.69, 9.17) is 34.8 Å². The van der Waals surface area contributed by atoms with E-state index in [1.54, 1.807) is 0 Å². The molecule has 2 atom stereocenters. The Kier molecular flexibility index (Phi) is 5.73. The van der Waals surface area contributed by atoms with E-state index in [0.29, 0.717) is 0 Å². The highest BCUT2D eigenvalue weighted by Gasteiger charge is 2.32. The first-order valence-electron chi connectivity index (χ1n) is 5.40. The van der Waals surface area contributed by atoms with Crippen LogP contribution in [0.15, 0.2) is 30.3 Å². The summed E-state index contributed by atoms with van der Waals surface area (Å²) in [7, 11) is 0. The monoisotopic (exact) mass is 309 g/mol. The van der Waals surface area contributed by atoms with Gasteiger partial charge in [0.15, 0.2) is 0 Å². The van der Waals surface area contributed by atoms with Crippen molar-refractivity contribution < 1.29 is 9.90 Å². The topological polar surface area (TPSA) is 49.3 Å². The summed E-state index contributed by atoms with van der Waals surface area (Å²) in [5.41, 5.74) is 0.967. The van der Waals surface area contributed by atoms with Crippen molar-refractivity contribution in [1.82, 2.24) is 5.32 Å². The molecule has 0 heterocycles. The lowest BCUT2D eigenvalue weighted by molar-refractivity contribution is -0.123. The summed E-state index contributed by atoms with van der Waals surface area (Å²) >= 11 is 16.4. The third-order valence-electron chi connectivity index (χ3n) is 2.43. The maximum Gasteiger partial charge on any atom is 0.223 e. The molecule has 18 heavy (non-hydrogen) atoms. The minimum Gasteiger partial charge on any atom is -0.388 e. The Morgan fingerprint density at radius 3 is 2.39 bits per heavy atom. The summed E-state index contributed by atoms with van der Waals surface area (Å²) < 4.78 is -1.85. The van der Waals surface area contributed by atoms with E-state index in [1.165, 1.54) is 0 Å². The summed E-state index contributed by atoms with van der Waals surface area (Å²) in [5, 5.41) is 12.2. The molecule has 0 aliphatic rings. The molecule has 0 fully saturated rings. The van der Waals surface area contributed by atoms with Crippen LogP contribution >= 0.6 is 34.8 Å². The third kappa shape index (κ3) is 5.02. The fourth-order valence-electron chi connectivity index (χ4n) is 1.42. The van der Waals surface area contributed by atoms with Crippen molar-refractivity contribution in [3.63, 3.8) is 0 Å². The number of aliphatic hydroxyl groups is 1. The van der Waals surface area contributed by atoms with Gasteiger partial charge >= 0.3 is 0 Å². The molecule has 0 unspecified atom stereocenters. The van der Waals surface area contributed by atoms with Gasteiger partial charge < -0.3 is 10.4 Å². The maximum absolute atomic E-state index is 11.6. The third-order valence-corrected chi connectivity index (χ3v) is 3.19. The Labute approximate surface area is 121 Å². The molecule has 1 aromatic rings. The first-order valence-corrected chi connectivity index (χ1v) is 6.53. The SMILES string of the molecule is C[C@@H](NC(=O)C[C@@H](O)C(Cl)(Cl)Cl)c1ccccc1. The van der Waals surface area contributed by atoms with E-state index in [2.05, 4.69) is 5.32 Å². The molecule has 0 aliphatic carbocycles. The number of rotatable bonds is 4. The van der Waals surface area contributed by atoms with Crippen LogP contribution in [0.1, 0.15) is 24.9 Å². The quantitative estimate of drug-likeness (QED) is 0.840. The molecule has 0 saturated carbocycles. The van der Waals surface area contributed by atoms with E-state index in [0.717, 1.165) is 5.56 Å². The van der Waals surface area contributed by atoms with Crippen molar-refractivity contribution in [2.45, 2.75) is 29.3 Å². The summed E-state index contributed by atoms with van der Waals surface area (Å²) in [5.74, 6) is -0.370. The Morgan fingerprint density at radius 1 is 1.33 bits per heavy atom.